The molecule has 0 aliphatic carbocycles. The van der Waals surface area contributed by atoms with Crippen molar-refractivity contribution < 1.29 is 9.21 Å². The molecule has 0 spiro atoms. The average Bonchev–Trinajstić information content (AvgIpc) is 2.95. The number of pyridine rings is 1. The summed E-state index contributed by atoms with van der Waals surface area (Å²) in [6.07, 6.45) is 4.21. The number of hydrogen-bond donors (Lipinski definition) is 1. The number of amides is 1. The third-order valence-electron chi connectivity index (χ3n) is 4.98. The Kier molecular flexibility index (Phi) is 3.75. The Balaban J connectivity index is 1.98. The molecule has 26 heavy (non-hydrogen) atoms. The lowest BCUT2D eigenvalue weighted by Crippen LogP contribution is -2.41. The molecule has 1 aliphatic heterocycles. The van der Waals surface area contributed by atoms with Gasteiger partial charge in [-0.3, -0.25) is 9.59 Å². The minimum atomic E-state index is -0.190. The van der Waals surface area contributed by atoms with Crippen molar-refractivity contribution in [2.24, 2.45) is 0 Å². The number of furan rings is 1. The van der Waals surface area contributed by atoms with Crippen LogP contribution in [0.25, 0.3) is 22.1 Å². The molecule has 0 atom stereocenters. The second-order valence-corrected chi connectivity index (χ2v) is 7.86. The zero-order valence-corrected chi connectivity index (χ0v) is 15.3. The quantitative estimate of drug-likeness (QED) is 0.761. The van der Waals surface area contributed by atoms with E-state index in [1.807, 2.05) is 17.0 Å². The Morgan fingerprint density at radius 3 is 2.62 bits per heavy atom. The van der Waals surface area contributed by atoms with Gasteiger partial charge in [-0.25, -0.2) is 0 Å². The van der Waals surface area contributed by atoms with Crippen molar-refractivity contribution in [1.82, 2.24) is 9.88 Å². The molecule has 0 unspecified atom stereocenters. The summed E-state index contributed by atoms with van der Waals surface area (Å²) in [6.45, 7) is 7.87. The summed E-state index contributed by atoms with van der Waals surface area (Å²) < 4.78 is 5.83. The van der Waals surface area contributed by atoms with E-state index in [9.17, 15) is 9.59 Å². The van der Waals surface area contributed by atoms with Crippen molar-refractivity contribution in [2.75, 3.05) is 13.1 Å². The summed E-state index contributed by atoms with van der Waals surface area (Å²) in [5, 5.41) is 0.771. The molecule has 2 aromatic heterocycles. The Morgan fingerprint density at radius 1 is 1.23 bits per heavy atom. The number of H-pyrrole nitrogens is 1. The fourth-order valence-corrected chi connectivity index (χ4v) is 3.35. The van der Waals surface area contributed by atoms with Crippen molar-refractivity contribution in [3.8, 4) is 11.1 Å². The van der Waals surface area contributed by atoms with Gasteiger partial charge in [0.25, 0.3) is 11.5 Å². The van der Waals surface area contributed by atoms with E-state index in [0.717, 1.165) is 41.6 Å². The van der Waals surface area contributed by atoms with Crippen LogP contribution in [0.2, 0.25) is 0 Å². The van der Waals surface area contributed by atoms with Gasteiger partial charge in [0.05, 0.1) is 5.56 Å². The summed E-state index contributed by atoms with van der Waals surface area (Å²) >= 11 is 0. The molecule has 5 heteroatoms. The van der Waals surface area contributed by atoms with Crippen LogP contribution in [0.3, 0.4) is 0 Å². The predicted molar refractivity (Wildman–Crippen MR) is 101 cm³/mol. The number of benzene rings is 1. The first kappa shape index (κ1) is 16.6. The van der Waals surface area contributed by atoms with E-state index in [1.54, 1.807) is 24.6 Å². The largest absolute Gasteiger partial charge is 0.463 e. The molecule has 4 rings (SSSR count). The first-order chi connectivity index (χ1) is 12.4. The molecule has 0 radical (unpaired) electrons. The highest BCUT2D eigenvalue weighted by atomic mass is 16.3. The number of hydrogen-bond acceptors (Lipinski definition) is 3. The topological polar surface area (TPSA) is 66.3 Å². The van der Waals surface area contributed by atoms with Crippen LogP contribution < -0.4 is 5.56 Å². The molecule has 3 aromatic rings. The molecule has 1 fully saturated rings. The van der Waals surface area contributed by atoms with E-state index >= 15 is 0 Å². The van der Waals surface area contributed by atoms with E-state index in [-0.39, 0.29) is 16.9 Å². The zero-order chi connectivity index (χ0) is 18.5. The standard InChI is InChI=1S/C21H22N2O3/c1-21(2,3)17-11-13(14-6-4-7-22-19(14)24)10-15-16(12-26-18(15)17)20(25)23-8-5-9-23/h4,6-7,10-12H,5,8-9H2,1-3H3,(H,22,24). The third-order valence-corrected chi connectivity index (χ3v) is 4.98. The number of fused-ring (bicyclic) bond motifs is 1. The second-order valence-electron chi connectivity index (χ2n) is 7.86. The van der Waals surface area contributed by atoms with E-state index in [4.69, 9.17) is 4.42 Å². The minimum Gasteiger partial charge on any atom is -0.463 e. The molecule has 134 valence electrons. The van der Waals surface area contributed by atoms with Gasteiger partial charge in [-0.05, 0) is 41.7 Å². The number of carbonyl (C=O) groups excluding carboxylic acids is 1. The third kappa shape index (κ3) is 2.64. The molecule has 5 nitrogen and oxygen atoms in total. The van der Waals surface area contributed by atoms with Gasteiger partial charge in [0, 0.05) is 35.8 Å². The average molecular weight is 350 g/mol. The number of nitrogens with zero attached hydrogens (tertiary/aromatic N) is 1. The minimum absolute atomic E-state index is 0.00557. The maximum Gasteiger partial charge on any atom is 0.257 e. The molecule has 3 heterocycles. The van der Waals surface area contributed by atoms with Gasteiger partial charge < -0.3 is 14.3 Å². The SMILES string of the molecule is CC(C)(C)c1cc(-c2ccc[nH]c2=O)cc2c(C(=O)N3CCC3)coc12. The smallest absolute Gasteiger partial charge is 0.257 e. The van der Waals surface area contributed by atoms with Gasteiger partial charge in [-0.15, -0.1) is 0 Å². The molecule has 1 aromatic carbocycles. The fourth-order valence-electron chi connectivity index (χ4n) is 3.35. The molecular weight excluding hydrogens is 328 g/mol. The van der Waals surface area contributed by atoms with Crippen LogP contribution in [0, 0.1) is 0 Å². The molecule has 1 amide bonds. The Labute approximate surface area is 151 Å². The van der Waals surface area contributed by atoms with Gasteiger partial charge >= 0.3 is 0 Å². The lowest BCUT2D eigenvalue weighted by molar-refractivity contribution is 0.0653. The Morgan fingerprint density at radius 2 is 2.00 bits per heavy atom. The Bertz CT molecular complexity index is 1050. The molecule has 1 aliphatic rings. The van der Waals surface area contributed by atoms with Crippen LogP contribution >= 0.6 is 0 Å². The van der Waals surface area contributed by atoms with Crippen LogP contribution in [0.5, 0.6) is 0 Å². The number of rotatable bonds is 2. The summed E-state index contributed by atoms with van der Waals surface area (Å²) in [4.78, 5) is 29.6. The highest BCUT2D eigenvalue weighted by Gasteiger charge is 2.28. The van der Waals surface area contributed by atoms with Crippen LogP contribution in [0.15, 0.2) is 45.9 Å². The monoisotopic (exact) mass is 350 g/mol. The first-order valence-corrected chi connectivity index (χ1v) is 8.89. The van der Waals surface area contributed by atoms with Crippen molar-refractivity contribution in [3.63, 3.8) is 0 Å². The van der Waals surface area contributed by atoms with Gasteiger partial charge in [-0.1, -0.05) is 20.8 Å². The Hall–Kier alpha value is -2.82. The second kappa shape index (κ2) is 5.87. The van der Waals surface area contributed by atoms with E-state index in [1.165, 1.54) is 0 Å². The summed E-state index contributed by atoms with van der Waals surface area (Å²) in [5.74, 6) is -0.00557. The van der Waals surface area contributed by atoms with Gasteiger partial charge in [0.1, 0.15) is 11.8 Å². The molecule has 0 saturated carbocycles. The number of aromatic amines is 1. The molecule has 1 saturated heterocycles. The number of likely N-dealkylation sites (tertiary alicyclic amines) is 1. The lowest BCUT2D eigenvalue weighted by Gasteiger charge is -2.30. The van der Waals surface area contributed by atoms with Crippen LogP contribution in [0.1, 0.15) is 43.1 Å². The van der Waals surface area contributed by atoms with Crippen molar-refractivity contribution >= 4 is 16.9 Å². The number of aromatic nitrogens is 1. The van der Waals surface area contributed by atoms with E-state index in [0.29, 0.717) is 11.1 Å². The van der Waals surface area contributed by atoms with Crippen LogP contribution in [0.4, 0.5) is 0 Å². The van der Waals surface area contributed by atoms with E-state index in [2.05, 4.69) is 25.8 Å². The summed E-state index contributed by atoms with van der Waals surface area (Å²) in [6, 6.07) is 7.49. The first-order valence-electron chi connectivity index (χ1n) is 8.89. The lowest BCUT2D eigenvalue weighted by atomic mass is 9.84. The van der Waals surface area contributed by atoms with Gasteiger partial charge in [0.2, 0.25) is 0 Å². The van der Waals surface area contributed by atoms with E-state index < -0.39 is 0 Å². The van der Waals surface area contributed by atoms with Crippen molar-refractivity contribution in [3.05, 3.63) is 58.2 Å². The maximum absolute atomic E-state index is 12.8. The van der Waals surface area contributed by atoms with Gasteiger partial charge in [0.15, 0.2) is 0 Å². The molecular formula is C21H22N2O3. The normalized spacial score (nSPS) is 14.5. The molecule has 1 N–H and O–H groups in total. The highest BCUT2D eigenvalue weighted by Crippen LogP contribution is 2.37. The molecule has 0 bridgehead atoms. The van der Waals surface area contributed by atoms with Crippen LogP contribution in [-0.2, 0) is 5.41 Å². The van der Waals surface area contributed by atoms with Crippen molar-refractivity contribution in [1.29, 1.82) is 0 Å². The number of carbonyl (C=O) groups is 1. The fraction of sp³-hybridized carbons (Fsp3) is 0.333. The number of nitrogens with one attached hydrogen (secondary N) is 1. The zero-order valence-electron chi connectivity index (χ0n) is 15.3. The highest BCUT2D eigenvalue weighted by molar-refractivity contribution is 6.08. The summed E-state index contributed by atoms with van der Waals surface area (Å²) in [7, 11) is 0. The van der Waals surface area contributed by atoms with Gasteiger partial charge in [-0.2, -0.15) is 0 Å². The maximum atomic E-state index is 12.8. The summed E-state index contributed by atoms with van der Waals surface area (Å²) in [5.41, 5.74) is 3.32. The predicted octanol–water partition coefficient (Wildman–Crippen LogP) is 3.93. The van der Waals surface area contributed by atoms with Crippen molar-refractivity contribution in [2.45, 2.75) is 32.6 Å². The van der Waals surface area contributed by atoms with Crippen LogP contribution in [-0.4, -0.2) is 28.9 Å².